The van der Waals surface area contributed by atoms with E-state index in [9.17, 15) is 5.11 Å². The molecule has 0 saturated carbocycles. The number of hydrogen-bond acceptors (Lipinski definition) is 2. The Morgan fingerprint density at radius 1 is 0.771 bits per heavy atom. The average Bonchev–Trinajstić information content (AvgIpc) is 3.07. The Labute approximate surface area is 209 Å². The quantitative estimate of drug-likeness (QED) is 0.283. The molecule has 0 bridgehead atoms. The Bertz CT molecular complexity index is 1640. The molecule has 35 heavy (non-hydrogen) atoms. The summed E-state index contributed by atoms with van der Waals surface area (Å²) in [4.78, 5) is 0. The van der Waals surface area contributed by atoms with Crippen LogP contribution in [0.5, 0.6) is 0 Å². The predicted molar refractivity (Wildman–Crippen MR) is 145 cm³/mol. The van der Waals surface area contributed by atoms with Gasteiger partial charge in [-0.1, -0.05) is 115 Å². The van der Waals surface area contributed by atoms with Crippen LogP contribution in [0.4, 0.5) is 0 Å². The summed E-state index contributed by atoms with van der Waals surface area (Å²) in [6, 6.07) is 29.7. The molecule has 6 rings (SSSR count). The first kappa shape index (κ1) is 21.7. The largest absolute Gasteiger partial charge is 0.455 e. The van der Waals surface area contributed by atoms with Crippen LogP contribution in [0.2, 0.25) is 5.02 Å². The van der Waals surface area contributed by atoms with Gasteiger partial charge in [-0.3, -0.25) is 0 Å². The third kappa shape index (κ3) is 3.63. The van der Waals surface area contributed by atoms with Crippen molar-refractivity contribution in [2.75, 3.05) is 0 Å². The number of para-hydroxylation sites is 2. The Hall–Kier alpha value is -3.85. The topological polar surface area (TPSA) is 33.4 Å². The molecule has 1 unspecified atom stereocenters. The van der Waals surface area contributed by atoms with E-state index in [4.69, 9.17) is 16.0 Å². The van der Waals surface area contributed by atoms with E-state index in [1.807, 2.05) is 97.1 Å². The summed E-state index contributed by atoms with van der Waals surface area (Å²) in [7, 11) is 0. The maximum atomic E-state index is 12.6. The summed E-state index contributed by atoms with van der Waals surface area (Å²) in [6.45, 7) is 0. The van der Waals surface area contributed by atoms with Gasteiger partial charge in [-0.05, 0) is 41.3 Å². The third-order valence-electron chi connectivity index (χ3n) is 6.67. The first-order valence-electron chi connectivity index (χ1n) is 11.7. The van der Waals surface area contributed by atoms with Crippen LogP contribution in [0.25, 0.3) is 33.1 Å². The number of hydrogen-bond donors (Lipinski definition) is 1. The number of aliphatic hydroxyl groups is 1. The predicted octanol–water partition coefficient (Wildman–Crippen LogP) is 8.58. The number of rotatable bonds is 4. The first-order chi connectivity index (χ1) is 17.2. The van der Waals surface area contributed by atoms with Crippen molar-refractivity contribution in [1.29, 1.82) is 0 Å². The van der Waals surface area contributed by atoms with E-state index in [0.29, 0.717) is 10.6 Å². The zero-order chi connectivity index (χ0) is 23.8. The minimum Gasteiger partial charge on any atom is -0.455 e. The first-order valence-corrected chi connectivity index (χ1v) is 12.1. The number of halogens is 1. The van der Waals surface area contributed by atoms with Crippen molar-refractivity contribution in [3.63, 3.8) is 0 Å². The molecule has 5 aromatic rings. The van der Waals surface area contributed by atoms with Gasteiger partial charge in [0.05, 0.1) is 0 Å². The van der Waals surface area contributed by atoms with Crippen LogP contribution in [0.15, 0.2) is 131 Å². The molecule has 0 radical (unpaired) electrons. The van der Waals surface area contributed by atoms with Crippen LogP contribution in [-0.2, 0) is 5.60 Å². The molecule has 4 aromatic carbocycles. The van der Waals surface area contributed by atoms with Gasteiger partial charge in [0.2, 0.25) is 0 Å². The maximum absolute atomic E-state index is 12.6. The summed E-state index contributed by atoms with van der Waals surface area (Å²) in [5.41, 5.74) is 4.28. The molecule has 0 spiro atoms. The van der Waals surface area contributed by atoms with Gasteiger partial charge in [-0.25, -0.2) is 0 Å². The third-order valence-corrected chi connectivity index (χ3v) is 6.91. The molecule has 170 valence electrons. The lowest BCUT2D eigenvalue weighted by molar-refractivity contribution is 0.125. The van der Waals surface area contributed by atoms with Crippen LogP contribution in [0.1, 0.15) is 17.5 Å². The van der Waals surface area contributed by atoms with Crippen molar-refractivity contribution < 1.29 is 9.52 Å². The summed E-state index contributed by atoms with van der Waals surface area (Å²) >= 11 is 6.57. The van der Waals surface area contributed by atoms with Crippen LogP contribution >= 0.6 is 11.6 Å². The lowest BCUT2D eigenvalue weighted by Crippen LogP contribution is -2.30. The van der Waals surface area contributed by atoms with Crippen molar-refractivity contribution in [3.05, 3.63) is 143 Å². The highest BCUT2D eigenvalue weighted by molar-refractivity contribution is 6.30. The molecule has 1 aliphatic rings. The average molecular weight is 475 g/mol. The van der Waals surface area contributed by atoms with Crippen LogP contribution in [-0.4, -0.2) is 5.11 Å². The zero-order valence-corrected chi connectivity index (χ0v) is 19.7. The van der Waals surface area contributed by atoms with Gasteiger partial charge < -0.3 is 9.52 Å². The van der Waals surface area contributed by atoms with E-state index < -0.39 is 5.60 Å². The van der Waals surface area contributed by atoms with E-state index in [1.165, 1.54) is 0 Å². The monoisotopic (exact) mass is 474 g/mol. The lowest BCUT2D eigenvalue weighted by atomic mass is 9.76. The SMILES string of the molecule is OC(C1=CCC=CC=C1)(c1ccccc1)c1cc(Cl)ccc1-c1cccc2c1oc1ccccc12. The molecule has 0 saturated heterocycles. The smallest absolute Gasteiger partial charge is 0.143 e. The van der Waals surface area contributed by atoms with Gasteiger partial charge in [0.25, 0.3) is 0 Å². The fourth-order valence-corrected chi connectivity index (χ4v) is 5.19. The number of fused-ring (bicyclic) bond motifs is 3. The van der Waals surface area contributed by atoms with Gasteiger partial charge in [0, 0.05) is 26.9 Å². The molecule has 1 aliphatic carbocycles. The number of benzene rings is 4. The Kier molecular flexibility index (Phi) is 5.41. The zero-order valence-electron chi connectivity index (χ0n) is 19.0. The Morgan fingerprint density at radius 2 is 1.57 bits per heavy atom. The minimum atomic E-state index is -1.42. The highest BCUT2D eigenvalue weighted by Crippen LogP contribution is 2.46. The lowest BCUT2D eigenvalue weighted by Gasteiger charge is -2.33. The van der Waals surface area contributed by atoms with Gasteiger partial charge in [0.15, 0.2) is 0 Å². The fraction of sp³-hybridized carbons (Fsp3) is 0.0625. The Morgan fingerprint density at radius 3 is 2.46 bits per heavy atom. The molecule has 0 fully saturated rings. The second-order valence-corrected chi connectivity index (χ2v) is 9.17. The van der Waals surface area contributed by atoms with Crippen LogP contribution < -0.4 is 0 Å². The number of allylic oxidation sites excluding steroid dienone is 4. The summed E-state index contributed by atoms with van der Waals surface area (Å²) < 4.78 is 6.35. The van der Waals surface area contributed by atoms with E-state index in [-0.39, 0.29) is 0 Å². The van der Waals surface area contributed by atoms with Crippen LogP contribution in [0, 0.1) is 0 Å². The summed E-state index contributed by atoms with van der Waals surface area (Å²) in [5, 5.41) is 15.3. The molecule has 2 nitrogen and oxygen atoms in total. The second kappa shape index (κ2) is 8.74. The normalized spacial score (nSPS) is 15.2. The highest BCUT2D eigenvalue weighted by Gasteiger charge is 2.37. The van der Waals surface area contributed by atoms with Gasteiger partial charge in [0.1, 0.15) is 16.8 Å². The molecule has 1 aromatic heterocycles. The van der Waals surface area contributed by atoms with Gasteiger partial charge in [-0.2, -0.15) is 0 Å². The van der Waals surface area contributed by atoms with Crippen molar-refractivity contribution in [3.8, 4) is 11.1 Å². The summed E-state index contributed by atoms with van der Waals surface area (Å²) in [6.07, 6.45) is 10.8. The van der Waals surface area contributed by atoms with Crippen molar-refractivity contribution in [2.45, 2.75) is 12.0 Å². The van der Waals surface area contributed by atoms with E-state index in [0.717, 1.165) is 50.6 Å². The maximum Gasteiger partial charge on any atom is 0.143 e. The summed E-state index contributed by atoms with van der Waals surface area (Å²) in [5.74, 6) is 0. The van der Waals surface area contributed by atoms with Gasteiger partial charge >= 0.3 is 0 Å². The standard InChI is InChI=1S/C32H23ClO2/c33-24-19-20-25(27-16-10-17-28-26-15-8-9-18-30(26)35-31(27)28)29(21-24)32(34,23-13-6-3-7-14-23)22-11-4-1-2-5-12-22/h1-4,6-21,34H,5H2. The number of furan rings is 1. The molecular formula is C32H23ClO2. The van der Waals surface area contributed by atoms with E-state index >= 15 is 0 Å². The van der Waals surface area contributed by atoms with Crippen molar-refractivity contribution in [2.24, 2.45) is 0 Å². The molecule has 1 atom stereocenters. The van der Waals surface area contributed by atoms with E-state index in [2.05, 4.69) is 24.3 Å². The minimum absolute atomic E-state index is 0.561. The molecule has 0 aliphatic heterocycles. The fourth-order valence-electron chi connectivity index (χ4n) is 5.01. The van der Waals surface area contributed by atoms with E-state index in [1.54, 1.807) is 0 Å². The molecule has 0 amide bonds. The molecular weight excluding hydrogens is 452 g/mol. The molecule has 3 heteroatoms. The van der Waals surface area contributed by atoms with Crippen LogP contribution in [0.3, 0.4) is 0 Å². The van der Waals surface area contributed by atoms with Crippen molar-refractivity contribution >= 4 is 33.5 Å². The highest BCUT2D eigenvalue weighted by atomic mass is 35.5. The Balaban J connectivity index is 1.67. The van der Waals surface area contributed by atoms with Gasteiger partial charge in [-0.15, -0.1) is 0 Å². The second-order valence-electron chi connectivity index (χ2n) is 8.73. The van der Waals surface area contributed by atoms with Crippen molar-refractivity contribution in [1.82, 2.24) is 0 Å². The molecule has 1 heterocycles. The molecule has 1 N–H and O–H groups in total.